The van der Waals surface area contributed by atoms with Gasteiger partial charge in [-0.2, -0.15) is 0 Å². The van der Waals surface area contributed by atoms with Gasteiger partial charge in [0.05, 0.1) is 0 Å². The predicted octanol–water partition coefficient (Wildman–Crippen LogP) is -0.318. The average molecular weight is 165 g/mol. The van der Waals surface area contributed by atoms with Crippen LogP contribution in [0.1, 0.15) is 15.9 Å². The van der Waals surface area contributed by atoms with Crippen LogP contribution < -0.4 is 11.5 Å². The predicted molar refractivity (Wildman–Crippen MR) is 45.5 cm³/mol. The Labute approximate surface area is 70.6 Å². The van der Waals surface area contributed by atoms with Crippen molar-refractivity contribution in [1.82, 2.24) is 4.98 Å². The van der Waals surface area contributed by atoms with E-state index in [1.54, 1.807) is 18.5 Å². The number of amides is 1. The molecule has 0 unspecified atom stereocenters. The van der Waals surface area contributed by atoms with E-state index in [2.05, 4.69) is 4.98 Å². The quantitative estimate of drug-likeness (QED) is 0.644. The van der Waals surface area contributed by atoms with Crippen LogP contribution >= 0.6 is 0 Å². The average Bonchev–Trinajstić information content (AvgIpc) is 2.05. The number of nitrogens with two attached hydrogens (primary N) is 2. The Balaban J connectivity index is 3.00. The summed E-state index contributed by atoms with van der Waals surface area (Å²) in [5.41, 5.74) is 11.8. The molecule has 4 N–H and O–H groups in total. The SMILES string of the molecule is NCCc1cnccc1C(N)=O. The summed E-state index contributed by atoms with van der Waals surface area (Å²) in [6.07, 6.45) is 3.79. The Hall–Kier alpha value is -1.42. The van der Waals surface area contributed by atoms with Gasteiger partial charge >= 0.3 is 0 Å². The van der Waals surface area contributed by atoms with Crippen LogP contribution in [0.25, 0.3) is 0 Å². The van der Waals surface area contributed by atoms with E-state index in [1.165, 1.54) is 0 Å². The lowest BCUT2D eigenvalue weighted by Crippen LogP contribution is -2.15. The molecule has 0 spiro atoms. The van der Waals surface area contributed by atoms with E-state index < -0.39 is 5.91 Å². The minimum Gasteiger partial charge on any atom is -0.366 e. The normalized spacial score (nSPS) is 9.75. The molecular weight excluding hydrogens is 154 g/mol. The van der Waals surface area contributed by atoms with Crippen LogP contribution in [0.4, 0.5) is 0 Å². The van der Waals surface area contributed by atoms with E-state index in [9.17, 15) is 4.79 Å². The van der Waals surface area contributed by atoms with Gasteiger partial charge in [0.25, 0.3) is 0 Å². The number of pyridine rings is 1. The van der Waals surface area contributed by atoms with Crippen molar-refractivity contribution in [3.8, 4) is 0 Å². The topological polar surface area (TPSA) is 82.0 Å². The summed E-state index contributed by atoms with van der Waals surface area (Å²) >= 11 is 0. The first-order valence-electron chi connectivity index (χ1n) is 3.68. The lowest BCUT2D eigenvalue weighted by molar-refractivity contribution is 0.0999. The van der Waals surface area contributed by atoms with Crippen molar-refractivity contribution in [2.45, 2.75) is 6.42 Å². The van der Waals surface area contributed by atoms with Crippen LogP contribution in [-0.4, -0.2) is 17.4 Å². The van der Waals surface area contributed by atoms with Crippen molar-refractivity contribution in [2.24, 2.45) is 11.5 Å². The summed E-state index contributed by atoms with van der Waals surface area (Å²) in [6, 6.07) is 1.60. The highest BCUT2D eigenvalue weighted by molar-refractivity contribution is 5.94. The molecule has 0 aliphatic carbocycles. The summed E-state index contributed by atoms with van der Waals surface area (Å²) in [7, 11) is 0. The lowest BCUT2D eigenvalue weighted by atomic mass is 10.1. The van der Waals surface area contributed by atoms with Crippen LogP contribution in [0.2, 0.25) is 0 Å². The third kappa shape index (κ3) is 1.79. The fourth-order valence-electron chi connectivity index (χ4n) is 1.02. The molecule has 1 aromatic rings. The molecule has 1 rings (SSSR count). The van der Waals surface area contributed by atoms with Crippen LogP contribution in [0, 0.1) is 0 Å². The van der Waals surface area contributed by atoms with E-state index in [0.717, 1.165) is 5.56 Å². The second-order valence-corrected chi connectivity index (χ2v) is 2.44. The van der Waals surface area contributed by atoms with Gasteiger partial charge in [-0.25, -0.2) is 0 Å². The number of nitrogens with zero attached hydrogens (tertiary/aromatic N) is 1. The van der Waals surface area contributed by atoms with Crippen molar-refractivity contribution >= 4 is 5.91 Å². The number of hydrogen-bond donors (Lipinski definition) is 2. The molecule has 1 amide bonds. The maximum Gasteiger partial charge on any atom is 0.249 e. The first-order valence-corrected chi connectivity index (χ1v) is 3.68. The van der Waals surface area contributed by atoms with E-state index in [-0.39, 0.29) is 0 Å². The molecule has 0 saturated heterocycles. The number of hydrogen-bond acceptors (Lipinski definition) is 3. The number of rotatable bonds is 3. The van der Waals surface area contributed by atoms with Crippen molar-refractivity contribution in [3.63, 3.8) is 0 Å². The van der Waals surface area contributed by atoms with Gasteiger partial charge in [0.15, 0.2) is 0 Å². The molecule has 1 aromatic heterocycles. The van der Waals surface area contributed by atoms with Gasteiger partial charge < -0.3 is 11.5 Å². The molecule has 0 radical (unpaired) electrons. The highest BCUT2D eigenvalue weighted by Crippen LogP contribution is 2.05. The van der Waals surface area contributed by atoms with Crippen molar-refractivity contribution in [2.75, 3.05) is 6.54 Å². The molecule has 0 fully saturated rings. The van der Waals surface area contributed by atoms with Crippen LogP contribution in [0.15, 0.2) is 18.5 Å². The maximum atomic E-state index is 10.9. The van der Waals surface area contributed by atoms with Gasteiger partial charge in [-0.15, -0.1) is 0 Å². The van der Waals surface area contributed by atoms with E-state index in [4.69, 9.17) is 11.5 Å². The Morgan fingerprint density at radius 1 is 1.58 bits per heavy atom. The molecule has 0 aliphatic rings. The highest BCUT2D eigenvalue weighted by Gasteiger charge is 2.05. The van der Waals surface area contributed by atoms with Gasteiger partial charge in [0.1, 0.15) is 0 Å². The van der Waals surface area contributed by atoms with E-state index in [1.807, 2.05) is 0 Å². The zero-order valence-corrected chi connectivity index (χ0v) is 6.66. The standard InChI is InChI=1S/C8H11N3O/c9-3-1-6-5-11-4-2-7(6)8(10)12/h2,4-5H,1,3,9H2,(H2,10,12). The molecule has 0 bridgehead atoms. The molecule has 4 heteroatoms. The summed E-state index contributed by atoms with van der Waals surface area (Å²) in [5, 5.41) is 0. The van der Waals surface area contributed by atoms with E-state index in [0.29, 0.717) is 18.5 Å². The molecule has 0 atom stereocenters. The van der Waals surface area contributed by atoms with Crippen molar-refractivity contribution in [1.29, 1.82) is 0 Å². The highest BCUT2D eigenvalue weighted by atomic mass is 16.1. The van der Waals surface area contributed by atoms with Gasteiger partial charge in [-0.3, -0.25) is 9.78 Å². The second kappa shape index (κ2) is 3.82. The number of aromatic nitrogens is 1. The summed E-state index contributed by atoms with van der Waals surface area (Å²) in [6.45, 7) is 0.492. The lowest BCUT2D eigenvalue weighted by Gasteiger charge is -2.02. The Morgan fingerprint density at radius 2 is 2.33 bits per heavy atom. The molecule has 0 saturated carbocycles. The fourth-order valence-corrected chi connectivity index (χ4v) is 1.02. The smallest absolute Gasteiger partial charge is 0.249 e. The Kier molecular flexibility index (Phi) is 2.76. The molecule has 0 aromatic carbocycles. The molecule has 1 heterocycles. The number of primary amides is 1. The minimum absolute atomic E-state index is 0.430. The summed E-state index contributed by atoms with van der Waals surface area (Å²) in [4.78, 5) is 14.7. The molecule has 4 nitrogen and oxygen atoms in total. The summed E-state index contributed by atoms with van der Waals surface area (Å²) in [5.74, 6) is -0.430. The maximum absolute atomic E-state index is 10.9. The third-order valence-corrected chi connectivity index (χ3v) is 1.58. The molecule has 12 heavy (non-hydrogen) atoms. The zero-order chi connectivity index (χ0) is 8.97. The zero-order valence-electron chi connectivity index (χ0n) is 6.66. The summed E-state index contributed by atoms with van der Waals surface area (Å²) < 4.78 is 0. The molecule has 64 valence electrons. The van der Waals surface area contributed by atoms with Crippen molar-refractivity contribution < 1.29 is 4.79 Å². The first-order chi connectivity index (χ1) is 5.75. The van der Waals surface area contributed by atoms with Gasteiger partial charge in [-0.1, -0.05) is 0 Å². The first kappa shape index (κ1) is 8.67. The number of carbonyl (C=O) groups excluding carboxylic acids is 1. The second-order valence-electron chi connectivity index (χ2n) is 2.44. The minimum atomic E-state index is -0.430. The van der Waals surface area contributed by atoms with E-state index >= 15 is 0 Å². The monoisotopic (exact) mass is 165 g/mol. The Morgan fingerprint density at radius 3 is 2.92 bits per heavy atom. The number of carbonyl (C=O) groups is 1. The molecule has 0 aliphatic heterocycles. The van der Waals surface area contributed by atoms with Gasteiger partial charge in [0.2, 0.25) is 5.91 Å². The van der Waals surface area contributed by atoms with Gasteiger partial charge in [-0.05, 0) is 24.6 Å². The van der Waals surface area contributed by atoms with Gasteiger partial charge in [0, 0.05) is 18.0 Å². The fraction of sp³-hybridized carbons (Fsp3) is 0.250. The van der Waals surface area contributed by atoms with Crippen LogP contribution in [-0.2, 0) is 6.42 Å². The van der Waals surface area contributed by atoms with Crippen molar-refractivity contribution in [3.05, 3.63) is 29.6 Å². The molecular formula is C8H11N3O. The third-order valence-electron chi connectivity index (χ3n) is 1.58. The Bertz CT molecular complexity index is 285. The van der Waals surface area contributed by atoms with Crippen LogP contribution in [0.3, 0.4) is 0 Å². The largest absolute Gasteiger partial charge is 0.366 e. The van der Waals surface area contributed by atoms with Crippen LogP contribution in [0.5, 0.6) is 0 Å².